The predicted molar refractivity (Wildman–Crippen MR) is 86.5 cm³/mol. The summed E-state index contributed by atoms with van der Waals surface area (Å²) in [7, 11) is 3.20. The Bertz CT molecular complexity index is 494. The van der Waals surface area contributed by atoms with E-state index in [2.05, 4.69) is 26.1 Å². The van der Waals surface area contributed by atoms with Crippen molar-refractivity contribution in [3.8, 4) is 11.5 Å². The average Bonchev–Trinajstić information content (AvgIpc) is 2.45. The number of nitrogens with one attached hydrogen (secondary N) is 1. The lowest BCUT2D eigenvalue weighted by atomic mass is 9.88. The van der Waals surface area contributed by atoms with E-state index in [1.165, 1.54) is 0 Å². The number of carboxylic acids is 1. The summed E-state index contributed by atoms with van der Waals surface area (Å²) < 4.78 is 10.5. The molecule has 0 aliphatic heterocycles. The predicted octanol–water partition coefficient (Wildman–Crippen LogP) is 3.07. The summed E-state index contributed by atoms with van der Waals surface area (Å²) in [6.07, 6.45) is 1.43. The van der Waals surface area contributed by atoms with E-state index in [1.807, 2.05) is 18.2 Å². The molecular weight excluding hydrogens is 282 g/mol. The third-order valence-corrected chi connectivity index (χ3v) is 3.51. The molecule has 22 heavy (non-hydrogen) atoms. The van der Waals surface area contributed by atoms with E-state index < -0.39 is 12.0 Å². The van der Waals surface area contributed by atoms with Crippen LogP contribution in [0.4, 0.5) is 0 Å². The zero-order valence-electron chi connectivity index (χ0n) is 14.1. The zero-order chi connectivity index (χ0) is 16.8. The van der Waals surface area contributed by atoms with Crippen molar-refractivity contribution in [2.75, 3.05) is 14.2 Å². The third kappa shape index (κ3) is 5.93. The van der Waals surface area contributed by atoms with Gasteiger partial charge >= 0.3 is 5.97 Å². The second-order valence-corrected chi connectivity index (χ2v) is 6.55. The number of ether oxygens (including phenoxy) is 2. The van der Waals surface area contributed by atoms with Gasteiger partial charge in [-0.2, -0.15) is 0 Å². The smallest absolute Gasteiger partial charge is 0.320 e. The minimum Gasteiger partial charge on any atom is -0.497 e. The first-order chi connectivity index (χ1) is 10.3. The van der Waals surface area contributed by atoms with Gasteiger partial charge in [-0.05, 0) is 36.5 Å². The van der Waals surface area contributed by atoms with Crippen molar-refractivity contribution < 1.29 is 19.4 Å². The van der Waals surface area contributed by atoms with Gasteiger partial charge in [-0.25, -0.2) is 0 Å². The fourth-order valence-corrected chi connectivity index (χ4v) is 2.14. The van der Waals surface area contributed by atoms with Gasteiger partial charge in [0.05, 0.1) is 14.2 Å². The largest absolute Gasteiger partial charge is 0.497 e. The first-order valence-corrected chi connectivity index (χ1v) is 7.44. The van der Waals surface area contributed by atoms with Gasteiger partial charge in [0.2, 0.25) is 0 Å². The van der Waals surface area contributed by atoms with Crippen molar-refractivity contribution in [2.24, 2.45) is 5.41 Å². The molecule has 5 nitrogen and oxygen atoms in total. The van der Waals surface area contributed by atoms with Crippen molar-refractivity contribution in [3.63, 3.8) is 0 Å². The van der Waals surface area contributed by atoms with Crippen LogP contribution < -0.4 is 14.8 Å². The SMILES string of the molecule is COc1ccc(OC)c(CNC(CCC(C)(C)C)C(=O)O)c1. The van der Waals surface area contributed by atoms with Crippen LogP contribution in [0.2, 0.25) is 0 Å². The molecule has 2 N–H and O–H groups in total. The molecule has 0 amide bonds. The maximum Gasteiger partial charge on any atom is 0.320 e. The molecule has 0 fully saturated rings. The van der Waals surface area contributed by atoms with E-state index >= 15 is 0 Å². The molecule has 5 heteroatoms. The van der Waals surface area contributed by atoms with Gasteiger partial charge in [-0.1, -0.05) is 20.8 Å². The van der Waals surface area contributed by atoms with E-state index in [0.717, 1.165) is 17.7 Å². The van der Waals surface area contributed by atoms with Crippen molar-refractivity contribution in [3.05, 3.63) is 23.8 Å². The molecule has 124 valence electrons. The molecule has 0 spiro atoms. The highest BCUT2D eigenvalue weighted by atomic mass is 16.5. The van der Waals surface area contributed by atoms with E-state index in [1.54, 1.807) is 14.2 Å². The highest BCUT2D eigenvalue weighted by Crippen LogP contribution is 2.25. The summed E-state index contributed by atoms with van der Waals surface area (Å²) in [5.74, 6) is 0.610. The standard InChI is InChI=1S/C17H27NO4/c1-17(2,3)9-8-14(16(19)20)18-11-12-10-13(21-4)6-7-15(12)22-5/h6-7,10,14,18H,8-9,11H2,1-5H3,(H,19,20). The van der Waals surface area contributed by atoms with Crippen molar-refractivity contribution in [1.82, 2.24) is 5.32 Å². The fraction of sp³-hybridized carbons (Fsp3) is 0.588. The van der Waals surface area contributed by atoms with E-state index in [4.69, 9.17) is 9.47 Å². The minimum atomic E-state index is -0.828. The van der Waals surface area contributed by atoms with Crippen LogP contribution in [0.5, 0.6) is 11.5 Å². The molecular formula is C17H27NO4. The minimum absolute atomic E-state index is 0.114. The van der Waals surface area contributed by atoms with Crippen molar-refractivity contribution >= 4 is 5.97 Å². The molecule has 0 saturated carbocycles. The van der Waals surface area contributed by atoms with Crippen LogP contribution in [-0.2, 0) is 11.3 Å². The maximum atomic E-state index is 11.4. The van der Waals surface area contributed by atoms with E-state index in [0.29, 0.717) is 18.7 Å². The maximum absolute atomic E-state index is 11.4. The van der Waals surface area contributed by atoms with Gasteiger partial charge in [-0.3, -0.25) is 4.79 Å². The average molecular weight is 309 g/mol. The summed E-state index contributed by atoms with van der Waals surface area (Å²) in [6.45, 7) is 6.74. The summed E-state index contributed by atoms with van der Waals surface area (Å²) in [4.78, 5) is 11.4. The van der Waals surface area contributed by atoms with Crippen LogP contribution in [0.25, 0.3) is 0 Å². The molecule has 1 rings (SSSR count). The Balaban J connectivity index is 2.74. The van der Waals surface area contributed by atoms with Gasteiger partial charge in [-0.15, -0.1) is 0 Å². The van der Waals surface area contributed by atoms with Crippen molar-refractivity contribution in [2.45, 2.75) is 46.2 Å². The number of carboxylic acid groups (broad SMARTS) is 1. The Morgan fingerprint density at radius 3 is 2.45 bits per heavy atom. The molecule has 1 atom stereocenters. The van der Waals surface area contributed by atoms with Gasteiger partial charge in [0.25, 0.3) is 0 Å². The molecule has 1 unspecified atom stereocenters. The third-order valence-electron chi connectivity index (χ3n) is 3.51. The monoisotopic (exact) mass is 309 g/mol. The molecule has 0 saturated heterocycles. The second-order valence-electron chi connectivity index (χ2n) is 6.55. The number of methoxy groups -OCH3 is 2. The van der Waals surface area contributed by atoms with Crippen LogP contribution in [0, 0.1) is 5.41 Å². The molecule has 0 radical (unpaired) electrons. The number of carbonyl (C=O) groups is 1. The molecule has 0 aliphatic carbocycles. The molecule has 1 aromatic rings. The highest BCUT2D eigenvalue weighted by molar-refractivity contribution is 5.73. The van der Waals surface area contributed by atoms with Gasteiger partial charge in [0, 0.05) is 12.1 Å². The van der Waals surface area contributed by atoms with Crippen LogP contribution in [0.15, 0.2) is 18.2 Å². The second kappa shape index (κ2) is 8.03. The molecule has 0 bridgehead atoms. The van der Waals surface area contributed by atoms with E-state index in [9.17, 15) is 9.90 Å². The molecule has 0 heterocycles. The van der Waals surface area contributed by atoms with Crippen LogP contribution in [0.1, 0.15) is 39.2 Å². The lowest BCUT2D eigenvalue weighted by molar-refractivity contribution is -0.139. The molecule has 0 aromatic heterocycles. The van der Waals surface area contributed by atoms with Gasteiger partial charge in [0.15, 0.2) is 0 Å². The first kappa shape index (κ1) is 18.3. The number of rotatable bonds is 8. The number of aliphatic carboxylic acids is 1. The summed E-state index contributed by atoms with van der Waals surface area (Å²) in [5, 5.41) is 12.5. The van der Waals surface area contributed by atoms with Gasteiger partial charge < -0.3 is 19.9 Å². The summed E-state index contributed by atoms with van der Waals surface area (Å²) in [6, 6.07) is 4.92. The lowest BCUT2D eigenvalue weighted by Crippen LogP contribution is -2.37. The van der Waals surface area contributed by atoms with E-state index in [-0.39, 0.29) is 5.41 Å². The zero-order valence-corrected chi connectivity index (χ0v) is 14.1. The summed E-state index contributed by atoms with van der Waals surface area (Å²) in [5.41, 5.74) is 0.993. The van der Waals surface area contributed by atoms with Crippen LogP contribution >= 0.6 is 0 Å². The first-order valence-electron chi connectivity index (χ1n) is 7.44. The summed E-state index contributed by atoms with van der Waals surface area (Å²) >= 11 is 0. The van der Waals surface area contributed by atoms with Crippen molar-refractivity contribution in [1.29, 1.82) is 0 Å². The number of hydrogen-bond acceptors (Lipinski definition) is 4. The highest BCUT2D eigenvalue weighted by Gasteiger charge is 2.21. The normalized spacial score (nSPS) is 12.8. The topological polar surface area (TPSA) is 67.8 Å². The molecule has 1 aromatic carbocycles. The molecule has 0 aliphatic rings. The fourth-order valence-electron chi connectivity index (χ4n) is 2.14. The van der Waals surface area contributed by atoms with Crippen LogP contribution in [-0.4, -0.2) is 31.3 Å². The Hall–Kier alpha value is -1.75. The lowest BCUT2D eigenvalue weighted by Gasteiger charge is -2.22. The Morgan fingerprint density at radius 1 is 1.27 bits per heavy atom. The number of hydrogen-bond donors (Lipinski definition) is 2. The van der Waals surface area contributed by atoms with Crippen LogP contribution in [0.3, 0.4) is 0 Å². The number of benzene rings is 1. The Kier molecular flexibility index (Phi) is 6.68. The quantitative estimate of drug-likeness (QED) is 0.772. The van der Waals surface area contributed by atoms with Gasteiger partial charge in [0.1, 0.15) is 17.5 Å². The Morgan fingerprint density at radius 2 is 1.95 bits per heavy atom. The Labute approximate surface area is 132 Å².